The average molecular weight is 252 g/mol. The summed E-state index contributed by atoms with van der Waals surface area (Å²) in [6.07, 6.45) is 0.740. The van der Waals surface area contributed by atoms with E-state index < -0.39 is 0 Å². The lowest BCUT2D eigenvalue weighted by Crippen LogP contribution is -1.88. The number of phenols is 2. The Bertz CT molecular complexity index is 819. The van der Waals surface area contributed by atoms with Crippen molar-refractivity contribution in [3.8, 4) is 11.5 Å². The number of phenolic OH excluding ortho intramolecular Hbond substituents is 2. The van der Waals surface area contributed by atoms with Crippen LogP contribution in [0.1, 0.15) is 15.9 Å². The molecule has 0 aliphatic heterocycles. The highest BCUT2D eigenvalue weighted by Crippen LogP contribution is 2.34. The fraction of sp³-hybridized carbons (Fsp3) is 0.0625. The molecule has 3 aromatic carbocycles. The first-order valence-corrected chi connectivity index (χ1v) is 5.95. The number of carbonyl (C=O) groups is 1. The van der Waals surface area contributed by atoms with Crippen LogP contribution in [0.25, 0.3) is 21.5 Å². The largest absolute Gasteiger partial charge is 0.508 e. The van der Waals surface area contributed by atoms with Crippen LogP contribution in [-0.2, 0) is 0 Å². The maximum Gasteiger partial charge on any atom is 0.150 e. The molecule has 2 N–H and O–H groups in total. The van der Waals surface area contributed by atoms with Crippen LogP contribution in [0.2, 0.25) is 0 Å². The summed E-state index contributed by atoms with van der Waals surface area (Å²) in [5.74, 6) is 0.308. The molecule has 3 heteroatoms. The van der Waals surface area contributed by atoms with Crippen LogP contribution in [0.3, 0.4) is 0 Å². The molecule has 0 aliphatic rings. The average Bonchev–Trinajstić information content (AvgIpc) is 2.41. The molecule has 0 unspecified atom stereocenters. The molecule has 94 valence electrons. The van der Waals surface area contributed by atoms with Crippen molar-refractivity contribution in [3.05, 3.63) is 47.5 Å². The number of rotatable bonds is 1. The van der Waals surface area contributed by atoms with Gasteiger partial charge in [-0.3, -0.25) is 4.79 Å². The Labute approximate surface area is 109 Å². The summed E-state index contributed by atoms with van der Waals surface area (Å²) < 4.78 is 0. The zero-order valence-electron chi connectivity index (χ0n) is 10.3. The second-order valence-corrected chi connectivity index (χ2v) is 4.62. The summed E-state index contributed by atoms with van der Waals surface area (Å²) in [5.41, 5.74) is 1.23. The number of aryl methyl sites for hydroxylation is 1. The first-order valence-electron chi connectivity index (χ1n) is 5.95. The summed E-state index contributed by atoms with van der Waals surface area (Å²) in [7, 11) is 0. The SMILES string of the molecule is Cc1c(O)ccc2c1ccc1cc(O)cc(C=O)c12. The van der Waals surface area contributed by atoms with E-state index in [9.17, 15) is 15.0 Å². The Morgan fingerprint density at radius 2 is 1.74 bits per heavy atom. The minimum atomic E-state index is 0.0736. The van der Waals surface area contributed by atoms with Gasteiger partial charge in [0, 0.05) is 10.9 Å². The Kier molecular flexibility index (Phi) is 2.42. The van der Waals surface area contributed by atoms with Crippen molar-refractivity contribution in [3.63, 3.8) is 0 Å². The van der Waals surface area contributed by atoms with E-state index in [0.29, 0.717) is 5.56 Å². The maximum atomic E-state index is 11.2. The second-order valence-electron chi connectivity index (χ2n) is 4.62. The van der Waals surface area contributed by atoms with Gasteiger partial charge in [-0.15, -0.1) is 0 Å². The Hall–Kier alpha value is -2.55. The number of aromatic hydroxyl groups is 2. The van der Waals surface area contributed by atoms with Gasteiger partial charge in [-0.25, -0.2) is 0 Å². The molecule has 0 aliphatic carbocycles. The molecular weight excluding hydrogens is 240 g/mol. The lowest BCUT2D eigenvalue weighted by atomic mass is 9.95. The minimum absolute atomic E-state index is 0.0736. The van der Waals surface area contributed by atoms with E-state index in [0.717, 1.165) is 33.4 Å². The molecule has 0 atom stereocenters. The number of carbonyl (C=O) groups excluding carboxylic acids is 1. The van der Waals surface area contributed by atoms with Crippen molar-refractivity contribution >= 4 is 27.8 Å². The normalized spacial score (nSPS) is 11.0. The van der Waals surface area contributed by atoms with Gasteiger partial charge in [-0.1, -0.05) is 18.2 Å². The predicted octanol–water partition coefficient (Wildman–Crippen LogP) is 3.53. The Balaban J connectivity index is 2.59. The van der Waals surface area contributed by atoms with Crippen LogP contribution in [0.5, 0.6) is 11.5 Å². The van der Waals surface area contributed by atoms with Crippen molar-refractivity contribution in [1.29, 1.82) is 0 Å². The van der Waals surface area contributed by atoms with Gasteiger partial charge in [0.15, 0.2) is 6.29 Å². The van der Waals surface area contributed by atoms with Crippen molar-refractivity contribution in [2.24, 2.45) is 0 Å². The third-order valence-electron chi connectivity index (χ3n) is 3.50. The predicted molar refractivity (Wildman–Crippen MR) is 74.9 cm³/mol. The van der Waals surface area contributed by atoms with Crippen LogP contribution in [0.15, 0.2) is 36.4 Å². The molecule has 0 radical (unpaired) electrons. The zero-order chi connectivity index (χ0) is 13.6. The highest BCUT2D eigenvalue weighted by Gasteiger charge is 2.10. The second kappa shape index (κ2) is 3.99. The summed E-state index contributed by atoms with van der Waals surface area (Å²) >= 11 is 0. The van der Waals surface area contributed by atoms with E-state index >= 15 is 0 Å². The number of fused-ring (bicyclic) bond motifs is 3. The fourth-order valence-electron chi connectivity index (χ4n) is 2.53. The summed E-state index contributed by atoms with van der Waals surface area (Å²) in [5, 5.41) is 22.8. The molecular formula is C16H12O3. The molecule has 0 spiro atoms. The molecule has 0 fully saturated rings. The molecule has 0 aromatic heterocycles. The van der Waals surface area contributed by atoms with Gasteiger partial charge in [0.05, 0.1) is 0 Å². The molecule has 0 amide bonds. The molecule has 3 rings (SSSR count). The molecule has 3 nitrogen and oxygen atoms in total. The monoisotopic (exact) mass is 252 g/mol. The smallest absolute Gasteiger partial charge is 0.150 e. The van der Waals surface area contributed by atoms with Crippen LogP contribution >= 0.6 is 0 Å². The van der Waals surface area contributed by atoms with Gasteiger partial charge in [0.25, 0.3) is 0 Å². The number of hydrogen-bond donors (Lipinski definition) is 2. The highest BCUT2D eigenvalue weighted by molar-refractivity contribution is 6.15. The minimum Gasteiger partial charge on any atom is -0.508 e. The number of benzene rings is 3. The number of aldehydes is 1. The van der Waals surface area contributed by atoms with E-state index in [4.69, 9.17) is 0 Å². The Morgan fingerprint density at radius 1 is 1.00 bits per heavy atom. The van der Waals surface area contributed by atoms with Crippen LogP contribution in [0.4, 0.5) is 0 Å². The van der Waals surface area contributed by atoms with Crippen LogP contribution in [0, 0.1) is 6.92 Å². The molecule has 3 aromatic rings. The highest BCUT2D eigenvalue weighted by atomic mass is 16.3. The third-order valence-corrected chi connectivity index (χ3v) is 3.50. The van der Waals surface area contributed by atoms with Crippen LogP contribution < -0.4 is 0 Å². The maximum absolute atomic E-state index is 11.2. The van der Waals surface area contributed by atoms with E-state index in [1.807, 2.05) is 19.1 Å². The third kappa shape index (κ3) is 1.63. The topological polar surface area (TPSA) is 57.5 Å². The first kappa shape index (κ1) is 11.5. The van der Waals surface area contributed by atoms with E-state index in [1.165, 1.54) is 6.07 Å². The van der Waals surface area contributed by atoms with E-state index in [2.05, 4.69) is 0 Å². The van der Waals surface area contributed by atoms with Gasteiger partial charge < -0.3 is 10.2 Å². The lowest BCUT2D eigenvalue weighted by molar-refractivity contribution is 0.112. The standard InChI is InChI=1S/C16H12O3/c1-9-13-3-2-10-6-12(18)7-11(8-17)16(10)14(13)4-5-15(9)19/h2-8,18-19H,1H3. The summed E-state index contributed by atoms with van der Waals surface area (Å²) in [6.45, 7) is 1.84. The van der Waals surface area contributed by atoms with Crippen molar-refractivity contribution in [2.45, 2.75) is 6.92 Å². The molecule has 0 bridgehead atoms. The van der Waals surface area contributed by atoms with Gasteiger partial charge in [0.2, 0.25) is 0 Å². The van der Waals surface area contributed by atoms with Crippen molar-refractivity contribution in [2.75, 3.05) is 0 Å². The molecule has 19 heavy (non-hydrogen) atoms. The summed E-state index contributed by atoms with van der Waals surface area (Å²) in [4.78, 5) is 11.2. The van der Waals surface area contributed by atoms with Crippen LogP contribution in [-0.4, -0.2) is 16.5 Å². The molecule has 0 heterocycles. The Morgan fingerprint density at radius 3 is 2.47 bits per heavy atom. The van der Waals surface area contributed by atoms with Gasteiger partial charge in [-0.2, -0.15) is 0 Å². The first-order chi connectivity index (χ1) is 9.11. The van der Waals surface area contributed by atoms with Gasteiger partial charge >= 0.3 is 0 Å². The van der Waals surface area contributed by atoms with Gasteiger partial charge in [0.1, 0.15) is 11.5 Å². The molecule has 0 saturated heterocycles. The zero-order valence-corrected chi connectivity index (χ0v) is 10.3. The van der Waals surface area contributed by atoms with Crippen molar-refractivity contribution < 1.29 is 15.0 Å². The van der Waals surface area contributed by atoms with E-state index in [-0.39, 0.29) is 11.5 Å². The van der Waals surface area contributed by atoms with Gasteiger partial charge in [-0.05, 0) is 46.8 Å². The summed E-state index contributed by atoms with van der Waals surface area (Å²) in [6, 6.07) is 10.2. The van der Waals surface area contributed by atoms with E-state index in [1.54, 1.807) is 18.2 Å². The number of hydrogen-bond acceptors (Lipinski definition) is 3. The quantitative estimate of drug-likeness (QED) is 0.514. The molecule has 0 saturated carbocycles. The van der Waals surface area contributed by atoms with Crippen molar-refractivity contribution in [1.82, 2.24) is 0 Å². The fourth-order valence-corrected chi connectivity index (χ4v) is 2.53. The lowest BCUT2D eigenvalue weighted by Gasteiger charge is -2.10.